The van der Waals surface area contributed by atoms with Crippen molar-refractivity contribution in [3.63, 3.8) is 0 Å². The first-order valence-electron chi connectivity index (χ1n) is 9.11. The van der Waals surface area contributed by atoms with Crippen molar-refractivity contribution in [3.8, 4) is 34.2 Å². The lowest BCUT2D eigenvalue weighted by Gasteiger charge is -2.08. The Bertz CT molecular complexity index is 1180. The van der Waals surface area contributed by atoms with Crippen LogP contribution in [0.1, 0.15) is 16.2 Å². The minimum absolute atomic E-state index is 0.233. The monoisotopic (exact) mass is 421 g/mol. The van der Waals surface area contributed by atoms with Crippen LogP contribution in [0.15, 0.2) is 58.3 Å². The zero-order valence-corrected chi connectivity index (χ0v) is 17.4. The Morgan fingerprint density at radius 2 is 1.77 bits per heavy atom. The Kier molecular flexibility index (Phi) is 5.49. The fourth-order valence-corrected chi connectivity index (χ4v) is 3.64. The molecule has 0 saturated heterocycles. The zero-order valence-electron chi connectivity index (χ0n) is 16.6. The highest BCUT2D eigenvalue weighted by Gasteiger charge is 2.19. The summed E-state index contributed by atoms with van der Waals surface area (Å²) < 4.78 is 16.3. The van der Waals surface area contributed by atoms with Gasteiger partial charge in [-0.15, -0.1) is 11.3 Å². The molecule has 1 N–H and O–H groups in total. The summed E-state index contributed by atoms with van der Waals surface area (Å²) in [6.45, 7) is 1.71. The number of anilines is 1. The summed E-state index contributed by atoms with van der Waals surface area (Å²) in [6, 6.07) is 15.0. The summed E-state index contributed by atoms with van der Waals surface area (Å²) in [7, 11) is 3.17. The molecule has 152 valence electrons. The second-order valence-corrected chi connectivity index (χ2v) is 7.21. The summed E-state index contributed by atoms with van der Waals surface area (Å²) in [5.41, 5.74) is 2.62. The molecule has 0 aliphatic rings. The molecule has 7 nitrogen and oxygen atoms in total. The molecular weight excluding hydrogens is 402 g/mol. The van der Waals surface area contributed by atoms with Crippen LogP contribution in [0.4, 0.5) is 5.13 Å². The maximum absolute atomic E-state index is 12.7. The normalized spacial score (nSPS) is 10.6. The minimum Gasteiger partial charge on any atom is -0.493 e. The van der Waals surface area contributed by atoms with Gasteiger partial charge in [-0.25, -0.2) is 9.97 Å². The molecule has 0 bridgehead atoms. The molecule has 4 aromatic rings. The van der Waals surface area contributed by atoms with Gasteiger partial charge in [0, 0.05) is 16.5 Å². The molecule has 0 saturated carbocycles. The molecule has 2 aromatic carbocycles. The van der Waals surface area contributed by atoms with Crippen molar-refractivity contribution in [1.29, 1.82) is 0 Å². The van der Waals surface area contributed by atoms with Crippen LogP contribution >= 0.6 is 11.3 Å². The van der Waals surface area contributed by atoms with Crippen molar-refractivity contribution in [3.05, 3.63) is 65.4 Å². The van der Waals surface area contributed by atoms with Crippen LogP contribution in [0.5, 0.6) is 11.5 Å². The number of thiazole rings is 1. The van der Waals surface area contributed by atoms with E-state index in [4.69, 9.17) is 13.9 Å². The van der Waals surface area contributed by atoms with Gasteiger partial charge in [0.15, 0.2) is 22.3 Å². The summed E-state index contributed by atoms with van der Waals surface area (Å²) in [5.74, 6) is 1.74. The van der Waals surface area contributed by atoms with Gasteiger partial charge in [-0.3, -0.25) is 10.1 Å². The first-order chi connectivity index (χ1) is 14.6. The van der Waals surface area contributed by atoms with Gasteiger partial charge < -0.3 is 13.9 Å². The van der Waals surface area contributed by atoms with Crippen LogP contribution in [0.25, 0.3) is 22.7 Å². The molecule has 0 aliphatic carbocycles. The van der Waals surface area contributed by atoms with E-state index in [1.807, 2.05) is 53.9 Å². The van der Waals surface area contributed by atoms with E-state index in [0.717, 1.165) is 16.8 Å². The first-order valence-corrected chi connectivity index (χ1v) is 9.99. The number of aryl methyl sites for hydroxylation is 1. The van der Waals surface area contributed by atoms with Crippen molar-refractivity contribution in [1.82, 2.24) is 9.97 Å². The Balaban J connectivity index is 1.53. The maximum atomic E-state index is 12.7. The Hall–Kier alpha value is -3.65. The average molecular weight is 421 g/mol. The summed E-state index contributed by atoms with van der Waals surface area (Å²) >= 11 is 1.33. The van der Waals surface area contributed by atoms with Crippen LogP contribution in [0.2, 0.25) is 0 Å². The number of carbonyl (C=O) groups is 1. The molecule has 8 heteroatoms. The van der Waals surface area contributed by atoms with Crippen LogP contribution in [0, 0.1) is 6.92 Å². The van der Waals surface area contributed by atoms with Crippen molar-refractivity contribution in [2.24, 2.45) is 0 Å². The first kappa shape index (κ1) is 19.7. The third kappa shape index (κ3) is 3.90. The molecule has 1 amide bonds. The predicted molar refractivity (Wildman–Crippen MR) is 115 cm³/mol. The number of methoxy groups -OCH3 is 2. The second kappa shape index (κ2) is 8.38. The molecule has 0 unspecified atom stereocenters. The number of benzene rings is 2. The van der Waals surface area contributed by atoms with Gasteiger partial charge in [-0.1, -0.05) is 18.2 Å². The van der Waals surface area contributed by atoms with E-state index in [9.17, 15) is 4.79 Å². The number of carbonyl (C=O) groups excluding carboxylic acids is 1. The van der Waals surface area contributed by atoms with Crippen LogP contribution in [-0.4, -0.2) is 30.1 Å². The third-order valence-electron chi connectivity index (χ3n) is 4.44. The van der Waals surface area contributed by atoms with E-state index in [2.05, 4.69) is 15.3 Å². The van der Waals surface area contributed by atoms with E-state index < -0.39 is 0 Å². The summed E-state index contributed by atoms with van der Waals surface area (Å²) in [5, 5.41) is 5.12. The van der Waals surface area contributed by atoms with E-state index in [-0.39, 0.29) is 11.6 Å². The van der Waals surface area contributed by atoms with Crippen molar-refractivity contribution >= 4 is 22.4 Å². The second-order valence-electron chi connectivity index (χ2n) is 6.35. The largest absolute Gasteiger partial charge is 0.493 e. The quantitative estimate of drug-likeness (QED) is 0.469. The van der Waals surface area contributed by atoms with Gasteiger partial charge in [0.1, 0.15) is 5.76 Å². The molecule has 0 aliphatic heterocycles. The molecule has 30 heavy (non-hydrogen) atoms. The van der Waals surface area contributed by atoms with Gasteiger partial charge in [0.25, 0.3) is 5.91 Å². The Morgan fingerprint density at radius 3 is 2.50 bits per heavy atom. The van der Waals surface area contributed by atoms with E-state index in [0.29, 0.717) is 28.3 Å². The smallest absolute Gasteiger partial charge is 0.279 e. The standard InChI is InChI=1S/C22H19N3O4S/c1-13-19(24-21(29-13)14-7-5-4-6-8-14)20(26)25-22-23-16(12-30-22)15-9-10-17(27-2)18(11-15)28-3/h4-12H,1-3H3,(H,23,25,26). The molecule has 0 radical (unpaired) electrons. The molecule has 4 rings (SSSR count). The fourth-order valence-electron chi connectivity index (χ4n) is 2.93. The number of hydrogen-bond donors (Lipinski definition) is 1. The topological polar surface area (TPSA) is 86.5 Å². The number of aromatic nitrogens is 2. The number of amides is 1. The molecule has 0 atom stereocenters. The lowest BCUT2D eigenvalue weighted by Crippen LogP contribution is -2.13. The van der Waals surface area contributed by atoms with Crippen molar-refractivity contribution in [2.75, 3.05) is 19.5 Å². The van der Waals surface area contributed by atoms with Crippen molar-refractivity contribution < 1.29 is 18.7 Å². The average Bonchev–Trinajstić information content (AvgIpc) is 3.40. The number of nitrogens with one attached hydrogen (secondary N) is 1. The zero-order chi connectivity index (χ0) is 21.1. The van der Waals surface area contributed by atoms with Crippen LogP contribution in [-0.2, 0) is 0 Å². The number of ether oxygens (including phenoxy) is 2. The highest BCUT2D eigenvalue weighted by Crippen LogP contribution is 2.33. The van der Waals surface area contributed by atoms with Gasteiger partial charge in [-0.05, 0) is 37.3 Å². The number of hydrogen-bond acceptors (Lipinski definition) is 7. The van der Waals surface area contributed by atoms with Gasteiger partial charge in [0.05, 0.1) is 19.9 Å². The minimum atomic E-state index is -0.369. The lowest BCUT2D eigenvalue weighted by molar-refractivity contribution is 0.102. The van der Waals surface area contributed by atoms with Gasteiger partial charge in [-0.2, -0.15) is 0 Å². The van der Waals surface area contributed by atoms with Gasteiger partial charge in [0.2, 0.25) is 5.89 Å². The molecule has 0 fully saturated rings. The lowest BCUT2D eigenvalue weighted by atomic mass is 10.1. The highest BCUT2D eigenvalue weighted by atomic mass is 32.1. The van der Waals surface area contributed by atoms with Crippen LogP contribution < -0.4 is 14.8 Å². The maximum Gasteiger partial charge on any atom is 0.279 e. The predicted octanol–water partition coefficient (Wildman–Crippen LogP) is 5.04. The highest BCUT2D eigenvalue weighted by molar-refractivity contribution is 7.14. The van der Waals surface area contributed by atoms with E-state index in [1.165, 1.54) is 11.3 Å². The number of nitrogens with zero attached hydrogens (tertiary/aromatic N) is 2. The number of oxazole rings is 1. The SMILES string of the molecule is COc1ccc(-c2csc(NC(=O)c3nc(-c4ccccc4)oc3C)n2)cc1OC. The van der Waals surface area contributed by atoms with E-state index in [1.54, 1.807) is 21.1 Å². The molecular formula is C22H19N3O4S. The summed E-state index contributed by atoms with van der Waals surface area (Å²) in [6.07, 6.45) is 0. The van der Waals surface area contributed by atoms with E-state index >= 15 is 0 Å². The van der Waals surface area contributed by atoms with Gasteiger partial charge >= 0.3 is 0 Å². The molecule has 2 heterocycles. The Morgan fingerprint density at radius 1 is 1.00 bits per heavy atom. The molecule has 2 aromatic heterocycles. The number of rotatable bonds is 6. The van der Waals surface area contributed by atoms with Crippen LogP contribution in [0.3, 0.4) is 0 Å². The molecule has 0 spiro atoms. The Labute approximate surface area is 177 Å². The van der Waals surface area contributed by atoms with Crippen molar-refractivity contribution in [2.45, 2.75) is 6.92 Å². The third-order valence-corrected chi connectivity index (χ3v) is 5.19. The summed E-state index contributed by atoms with van der Waals surface area (Å²) in [4.78, 5) is 21.6. The fraction of sp³-hybridized carbons (Fsp3) is 0.136.